The van der Waals surface area contributed by atoms with Crippen LogP contribution in [-0.4, -0.2) is 53.8 Å². The predicted octanol–water partition coefficient (Wildman–Crippen LogP) is 0.918. The topological polar surface area (TPSA) is 50.3 Å². The number of ether oxygens (including phenoxy) is 1. The summed E-state index contributed by atoms with van der Waals surface area (Å²) in [6, 6.07) is 2.28. The van der Waals surface area contributed by atoms with Crippen molar-refractivity contribution in [2.45, 2.75) is 19.9 Å². The lowest BCUT2D eigenvalue weighted by atomic mass is 10.3. The van der Waals surface area contributed by atoms with Gasteiger partial charge in [-0.2, -0.15) is 0 Å². The van der Waals surface area contributed by atoms with Gasteiger partial charge in [-0.05, 0) is 19.9 Å². The molecule has 0 bridgehead atoms. The largest absolute Gasteiger partial charge is 0.379 e. The molecule has 1 aliphatic rings. The van der Waals surface area contributed by atoms with E-state index in [1.807, 2.05) is 13.0 Å². The first-order valence-electron chi connectivity index (χ1n) is 6.10. The first-order valence-corrected chi connectivity index (χ1v) is 6.10. The van der Waals surface area contributed by atoms with Gasteiger partial charge in [0.15, 0.2) is 0 Å². The molecule has 0 aliphatic carbocycles. The predicted molar refractivity (Wildman–Crippen MR) is 67.1 cm³/mol. The molecule has 5 nitrogen and oxygen atoms in total. The van der Waals surface area contributed by atoms with Crippen LogP contribution >= 0.6 is 0 Å². The van der Waals surface area contributed by atoms with E-state index in [9.17, 15) is 0 Å². The lowest BCUT2D eigenvalue weighted by Crippen LogP contribution is -2.42. The highest BCUT2D eigenvalue weighted by Gasteiger charge is 2.13. The van der Waals surface area contributed by atoms with Crippen LogP contribution in [0.15, 0.2) is 12.3 Å². The average molecular weight is 236 g/mol. The fourth-order valence-corrected chi connectivity index (χ4v) is 2.01. The fraction of sp³-hybridized carbons (Fsp3) is 0.667. The van der Waals surface area contributed by atoms with Gasteiger partial charge < -0.3 is 10.1 Å². The van der Waals surface area contributed by atoms with E-state index in [1.54, 1.807) is 6.20 Å². The number of hydrogen-bond acceptors (Lipinski definition) is 5. The summed E-state index contributed by atoms with van der Waals surface area (Å²) in [6.45, 7) is 8.83. The average Bonchev–Trinajstić information content (AvgIpc) is 2.30. The quantitative estimate of drug-likeness (QED) is 0.842. The summed E-state index contributed by atoms with van der Waals surface area (Å²) in [7, 11) is 0. The summed E-state index contributed by atoms with van der Waals surface area (Å²) in [4.78, 5) is 10.8. The number of aromatic nitrogens is 2. The lowest BCUT2D eigenvalue weighted by molar-refractivity contribution is 0.0368. The molecule has 0 spiro atoms. The Bertz CT molecular complexity index is 352. The highest BCUT2D eigenvalue weighted by atomic mass is 16.5. The van der Waals surface area contributed by atoms with Crippen LogP contribution in [0.2, 0.25) is 0 Å². The summed E-state index contributed by atoms with van der Waals surface area (Å²) in [5.41, 5.74) is 0. The highest BCUT2D eigenvalue weighted by molar-refractivity contribution is 5.33. The maximum atomic E-state index is 5.33. The minimum absolute atomic E-state index is 0.377. The molecule has 1 aliphatic heterocycles. The van der Waals surface area contributed by atoms with Crippen molar-refractivity contribution < 1.29 is 4.74 Å². The van der Waals surface area contributed by atoms with Gasteiger partial charge in [-0.25, -0.2) is 9.97 Å². The summed E-state index contributed by atoms with van der Waals surface area (Å²) < 4.78 is 5.33. The second kappa shape index (κ2) is 5.93. The number of aryl methyl sites for hydroxylation is 1. The molecule has 1 N–H and O–H groups in total. The molecule has 1 aromatic rings. The van der Waals surface area contributed by atoms with Gasteiger partial charge in [-0.3, -0.25) is 4.90 Å². The van der Waals surface area contributed by atoms with E-state index in [4.69, 9.17) is 4.74 Å². The van der Waals surface area contributed by atoms with Crippen molar-refractivity contribution in [3.8, 4) is 0 Å². The zero-order valence-electron chi connectivity index (χ0n) is 10.5. The van der Waals surface area contributed by atoms with Crippen molar-refractivity contribution in [3.63, 3.8) is 0 Å². The number of hydrogen-bond donors (Lipinski definition) is 1. The van der Waals surface area contributed by atoms with E-state index in [0.29, 0.717) is 6.04 Å². The number of nitrogens with zero attached hydrogens (tertiary/aromatic N) is 3. The molecule has 17 heavy (non-hydrogen) atoms. The van der Waals surface area contributed by atoms with Crippen LogP contribution in [0.4, 0.5) is 5.82 Å². The second-order valence-corrected chi connectivity index (χ2v) is 4.45. The van der Waals surface area contributed by atoms with E-state index in [1.165, 1.54) is 0 Å². The summed E-state index contributed by atoms with van der Waals surface area (Å²) >= 11 is 0. The van der Waals surface area contributed by atoms with Gasteiger partial charge in [0.1, 0.15) is 11.6 Å². The Kier molecular flexibility index (Phi) is 4.28. The molecule has 94 valence electrons. The molecule has 2 heterocycles. The van der Waals surface area contributed by atoms with Crippen LogP contribution in [0.3, 0.4) is 0 Å². The Labute approximate surface area is 102 Å². The monoisotopic (exact) mass is 236 g/mol. The van der Waals surface area contributed by atoms with Crippen molar-refractivity contribution in [1.29, 1.82) is 0 Å². The zero-order valence-corrected chi connectivity index (χ0v) is 10.5. The normalized spacial score (nSPS) is 18.9. The van der Waals surface area contributed by atoms with Crippen molar-refractivity contribution in [2.24, 2.45) is 0 Å². The fourth-order valence-electron chi connectivity index (χ4n) is 2.01. The molecule has 0 amide bonds. The van der Waals surface area contributed by atoms with E-state index >= 15 is 0 Å². The molecular weight excluding hydrogens is 216 g/mol. The van der Waals surface area contributed by atoms with Gasteiger partial charge in [-0.1, -0.05) is 0 Å². The molecule has 5 heteroatoms. The van der Waals surface area contributed by atoms with Crippen LogP contribution < -0.4 is 5.32 Å². The number of morpholine rings is 1. The highest BCUT2D eigenvalue weighted by Crippen LogP contribution is 2.05. The summed E-state index contributed by atoms with van der Waals surface area (Å²) in [5, 5.41) is 3.40. The lowest BCUT2D eigenvalue weighted by Gasteiger charge is -2.29. The Morgan fingerprint density at radius 1 is 1.47 bits per heavy atom. The van der Waals surface area contributed by atoms with Gasteiger partial charge in [-0.15, -0.1) is 0 Å². The molecule has 1 saturated heterocycles. The molecular formula is C12H20N4O. The third kappa shape index (κ3) is 3.94. The Morgan fingerprint density at radius 3 is 2.94 bits per heavy atom. The summed E-state index contributed by atoms with van der Waals surface area (Å²) in [5.74, 6) is 1.70. The maximum Gasteiger partial charge on any atom is 0.129 e. The van der Waals surface area contributed by atoms with E-state index < -0.39 is 0 Å². The van der Waals surface area contributed by atoms with Gasteiger partial charge in [0.25, 0.3) is 0 Å². The van der Waals surface area contributed by atoms with Crippen molar-refractivity contribution in [2.75, 3.05) is 38.2 Å². The molecule has 1 aromatic heterocycles. The third-order valence-electron chi connectivity index (χ3n) is 2.81. The molecule has 1 atom stereocenters. The van der Waals surface area contributed by atoms with Crippen LogP contribution in [-0.2, 0) is 4.74 Å². The molecule has 0 radical (unpaired) electrons. The van der Waals surface area contributed by atoms with Crippen molar-refractivity contribution in [1.82, 2.24) is 14.9 Å². The first kappa shape index (κ1) is 12.3. The van der Waals surface area contributed by atoms with Gasteiger partial charge >= 0.3 is 0 Å². The van der Waals surface area contributed by atoms with Gasteiger partial charge in [0, 0.05) is 31.9 Å². The van der Waals surface area contributed by atoms with Crippen LogP contribution in [0.5, 0.6) is 0 Å². The van der Waals surface area contributed by atoms with Gasteiger partial charge in [0.2, 0.25) is 0 Å². The Morgan fingerprint density at radius 2 is 2.24 bits per heavy atom. The van der Waals surface area contributed by atoms with Gasteiger partial charge in [0.05, 0.1) is 13.2 Å². The second-order valence-electron chi connectivity index (χ2n) is 4.45. The number of nitrogens with one attached hydrogen (secondary N) is 1. The van der Waals surface area contributed by atoms with E-state index in [0.717, 1.165) is 44.5 Å². The van der Waals surface area contributed by atoms with Crippen LogP contribution in [0.1, 0.15) is 12.7 Å². The third-order valence-corrected chi connectivity index (χ3v) is 2.81. The molecule has 1 unspecified atom stereocenters. The zero-order chi connectivity index (χ0) is 12.1. The van der Waals surface area contributed by atoms with Crippen molar-refractivity contribution in [3.05, 3.63) is 18.1 Å². The minimum atomic E-state index is 0.377. The number of anilines is 1. The maximum absolute atomic E-state index is 5.33. The van der Waals surface area contributed by atoms with E-state index in [2.05, 4.69) is 27.1 Å². The first-order chi connectivity index (χ1) is 8.24. The number of rotatable bonds is 4. The summed E-state index contributed by atoms with van der Waals surface area (Å²) in [6.07, 6.45) is 1.78. The minimum Gasteiger partial charge on any atom is -0.379 e. The van der Waals surface area contributed by atoms with Crippen molar-refractivity contribution >= 4 is 5.82 Å². The molecule has 1 fully saturated rings. The van der Waals surface area contributed by atoms with E-state index in [-0.39, 0.29) is 0 Å². The smallest absolute Gasteiger partial charge is 0.129 e. The van der Waals surface area contributed by atoms with Crippen LogP contribution in [0, 0.1) is 6.92 Å². The Balaban J connectivity index is 1.82. The van der Waals surface area contributed by atoms with Crippen LogP contribution in [0.25, 0.3) is 0 Å². The molecule has 2 rings (SSSR count). The Hall–Kier alpha value is -1.20. The molecule has 0 aromatic carbocycles. The standard InChI is InChI=1S/C12H20N4O/c1-10(9-16-5-7-17-8-6-16)14-12-3-4-13-11(2)15-12/h3-4,10H,5-9H2,1-2H3,(H,13,14,15). The molecule has 0 saturated carbocycles. The SMILES string of the molecule is Cc1nccc(NC(C)CN2CCOCC2)n1.